The predicted octanol–water partition coefficient (Wildman–Crippen LogP) is 3.81. The number of rotatable bonds is 8. The molecule has 0 saturated heterocycles. The summed E-state index contributed by atoms with van der Waals surface area (Å²) in [4.78, 5) is 25.0. The van der Waals surface area contributed by atoms with E-state index < -0.39 is 23.6 Å². The van der Waals surface area contributed by atoms with Crippen molar-refractivity contribution in [2.75, 3.05) is 7.11 Å². The molecule has 3 rings (SSSR count). The quantitative estimate of drug-likeness (QED) is 0.534. The van der Waals surface area contributed by atoms with Crippen LogP contribution >= 0.6 is 0 Å². The standard InChI is InChI=1S/C24H26FNO5/c1-4-20(23(28)18-7-5-6-8-19(18)25)26-22(27)12-11-17-14(2)16-10-9-15(30-3)13-21(16)31-24(17)29/h5-10,13,20,23,28H,4,11-12H2,1-3H3,(H,26,27)/t20-,23-/m0/s1. The molecule has 2 atom stereocenters. The summed E-state index contributed by atoms with van der Waals surface area (Å²) in [7, 11) is 1.53. The van der Waals surface area contributed by atoms with Gasteiger partial charge in [-0.05, 0) is 43.5 Å². The molecular weight excluding hydrogens is 401 g/mol. The third-order valence-corrected chi connectivity index (χ3v) is 5.49. The Morgan fingerprint density at radius 3 is 2.68 bits per heavy atom. The molecular formula is C24H26FNO5. The number of hydrogen-bond donors (Lipinski definition) is 2. The molecule has 0 spiro atoms. The maximum atomic E-state index is 14.0. The van der Waals surface area contributed by atoms with Gasteiger partial charge < -0.3 is 19.6 Å². The topological polar surface area (TPSA) is 88.8 Å². The third-order valence-electron chi connectivity index (χ3n) is 5.49. The van der Waals surface area contributed by atoms with Crippen molar-refractivity contribution >= 4 is 16.9 Å². The molecule has 0 bridgehead atoms. The highest BCUT2D eigenvalue weighted by Crippen LogP contribution is 2.25. The Labute approximate surface area is 179 Å². The van der Waals surface area contributed by atoms with Crippen LogP contribution in [-0.2, 0) is 11.2 Å². The Morgan fingerprint density at radius 1 is 1.26 bits per heavy atom. The van der Waals surface area contributed by atoms with Crippen LogP contribution in [0.2, 0.25) is 0 Å². The number of halogens is 1. The molecule has 1 aromatic heterocycles. The van der Waals surface area contributed by atoms with Crippen LogP contribution in [0.4, 0.5) is 4.39 Å². The summed E-state index contributed by atoms with van der Waals surface area (Å²) in [5.41, 5.74) is 1.24. The normalized spacial score (nSPS) is 13.1. The molecule has 0 aliphatic rings. The smallest absolute Gasteiger partial charge is 0.339 e. The Hall–Kier alpha value is -3.19. The van der Waals surface area contributed by atoms with Gasteiger partial charge in [-0.25, -0.2) is 9.18 Å². The van der Waals surface area contributed by atoms with E-state index in [0.717, 1.165) is 10.9 Å². The molecule has 0 saturated carbocycles. The van der Waals surface area contributed by atoms with Crippen LogP contribution < -0.4 is 15.7 Å². The fraction of sp³-hybridized carbons (Fsp3) is 0.333. The number of carbonyl (C=O) groups is 1. The number of aliphatic hydroxyl groups excluding tert-OH is 1. The maximum absolute atomic E-state index is 14.0. The first-order chi connectivity index (χ1) is 14.8. The van der Waals surface area contributed by atoms with Crippen molar-refractivity contribution in [3.63, 3.8) is 0 Å². The van der Waals surface area contributed by atoms with Crippen molar-refractivity contribution in [1.29, 1.82) is 0 Å². The van der Waals surface area contributed by atoms with Gasteiger partial charge in [-0.2, -0.15) is 0 Å². The number of amides is 1. The highest BCUT2D eigenvalue weighted by Gasteiger charge is 2.24. The number of aryl methyl sites for hydroxylation is 1. The van der Waals surface area contributed by atoms with E-state index in [4.69, 9.17) is 9.15 Å². The van der Waals surface area contributed by atoms with Crippen molar-refractivity contribution in [3.8, 4) is 5.75 Å². The first-order valence-electron chi connectivity index (χ1n) is 10.2. The van der Waals surface area contributed by atoms with E-state index in [9.17, 15) is 19.1 Å². The molecule has 3 aromatic rings. The van der Waals surface area contributed by atoms with E-state index in [1.165, 1.54) is 19.2 Å². The van der Waals surface area contributed by atoms with Gasteiger partial charge in [-0.1, -0.05) is 25.1 Å². The largest absolute Gasteiger partial charge is 0.497 e. The zero-order valence-electron chi connectivity index (χ0n) is 17.8. The average Bonchev–Trinajstić information content (AvgIpc) is 2.76. The average molecular weight is 427 g/mol. The predicted molar refractivity (Wildman–Crippen MR) is 116 cm³/mol. The van der Waals surface area contributed by atoms with Crippen molar-refractivity contribution in [1.82, 2.24) is 5.32 Å². The second kappa shape index (κ2) is 9.75. The molecule has 0 aliphatic carbocycles. The van der Waals surface area contributed by atoms with Crippen LogP contribution in [-0.4, -0.2) is 24.2 Å². The Bertz CT molecular complexity index is 1140. The molecule has 6 nitrogen and oxygen atoms in total. The summed E-state index contributed by atoms with van der Waals surface area (Å²) < 4.78 is 24.6. The number of carbonyl (C=O) groups excluding carboxylic acids is 1. The minimum Gasteiger partial charge on any atom is -0.497 e. The van der Waals surface area contributed by atoms with Gasteiger partial charge in [0.05, 0.1) is 13.2 Å². The SMILES string of the molecule is CC[C@H](NC(=O)CCc1c(C)c2ccc(OC)cc2oc1=O)[C@@H](O)c1ccccc1F. The molecule has 0 radical (unpaired) electrons. The van der Waals surface area contributed by atoms with Crippen LogP contribution in [0.25, 0.3) is 11.0 Å². The van der Waals surface area contributed by atoms with Gasteiger partial charge in [0.25, 0.3) is 0 Å². The summed E-state index contributed by atoms with van der Waals surface area (Å²) in [6, 6.07) is 10.5. The van der Waals surface area contributed by atoms with E-state index in [1.807, 2.05) is 13.0 Å². The van der Waals surface area contributed by atoms with E-state index >= 15 is 0 Å². The highest BCUT2D eigenvalue weighted by atomic mass is 19.1. The Balaban J connectivity index is 1.72. The Kier molecular flexibility index (Phi) is 7.07. The zero-order valence-corrected chi connectivity index (χ0v) is 17.8. The summed E-state index contributed by atoms with van der Waals surface area (Å²) in [5.74, 6) is -0.277. The molecule has 2 aromatic carbocycles. The van der Waals surface area contributed by atoms with E-state index in [1.54, 1.807) is 31.2 Å². The molecule has 0 fully saturated rings. The minimum atomic E-state index is -1.17. The minimum absolute atomic E-state index is 0.0355. The van der Waals surface area contributed by atoms with Gasteiger partial charge in [0.2, 0.25) is 5.91 Å². The molecule has 0 aliphatic heterocycles. The summed E-state index contributed by atoms with van der Waals surface area (Å²) >= 11 is 0. The second-order valence-electron chi connectivity index (χ2n) is 7.40. The number of hydrogen-bond acceptors (Lipinski definition) is 5. The number of fused-ring (bicyclic) bond motifs is 1. The first kappa shape index (κ1) is 22.5. The summed E-state index contributed by atoms with van der Waals surface area (Å²) in [6.07, 6.45) is -0.528. The van der Waals surface area contributed by atoms with Crippen LogP contribution in [0, 0.1) is 12.7 Å². The molecule has 1 amide bonds. The van der Waals surface area contributed by atoms with Crippen LogP contribution in [0.15, 0.2) is 51.7 Å². The van der Waals surface area contributed by atoms with Crippen molar-refractivity contribution in [2.24, 2.45) is 0 Å². The number of benzene rings is 2. The summed E-state index contributed by atoms with van der Waals surface area (Å²) in [5, 5.41) is 14.0. The van der Waals surface area contributed by atoms with Crippen LogP contribution in [0.3, 0.4) is 0 Å². The van der Waals surface area contributed by atoms with Crippen molar-refractivity contribution in [2.45, 2.75) is 45.3 Å². The van der Waals surface area contributed by atoms with Crippen LogP contribution in [0.5, 0.6) is 5.75 Å². The molecule has 1 heterocycles. The van der Waals surface area contributed by atoms with Crippen LogP contribution in [0.1, 0.15) is 42.6 Å². The third kappa shape index (κ3) is 4.94. The fourth-order valence-corrected chi connectivity index (χ4v) is 3.64. The van der Waals surface area contributed by atoms with E-state index in [2.05, 4.69) is 5.32 Å². The zero-order chi connectivity index (χ0) is 22.5. The fourth-order valence-electron chi connectivity index (χ4n) is 3.64. The van der Waals surface area contributed by atoms with Crippen molar-refractivity contribution < 1.29 is 23.4 Å². The lowest BCUT2D eigenvalue weighted by atomic mass is 9.99. The molecule has 0 unspecified atom stereocenters. The second-order valence-corrected chi connectivity index (χ2v) is 7.40. The van der Waals surface area contributed by atoms with Gasteiger partial charge in [0, 0.05) is 29.0 Å². The first-order valence-corrected chi connectivity index (χ1v) is 10.2. The van der Waals surface area contributed by atoms with E-state index in [0.29, 0.717) is 23.3 Å². The number of aliphatic hydroxyl groups is 1. The molecule has 2 N–H and O–H groups in total. The van der Waals surface area contributed by atoms with Gasteiger partial charge in [-0.3, -0.25) is 4.79 Å². The highest BCUT2D eigenvalue weighted by molar-refractivity contribution is 5.82. The maximum Gasteiger partial charge on any atom is 0.339 e. The van der Waals surface area contributed by atoms with E-state index in [-0.39, 0.29) is 24.3 Å². The lowest BCUT2D eigenvalue weighted by Gasteiger charge is -2.23. The monoisotopic (exact) mass is 427 g/mol. The van der Waals surface area contributed by atoms with Gasteiger partial charge >= 0.3 is 5.63 Å². The van der Waals surface area contributed by atoms with Gasteiger partial charge in [0.1, 0.15) is 23.3 Å². The number of nitrogens with one attached hydrogen (secondary N) is 1. The van der Waals surface area contributed by atoms with Crippen molar-refractivity contribution in [3.05, 3.63) is 75.4 Å². The lowest BCUT2D eigenvalue weighted by Crippen LogP contribution is -2.39. The Morgan fingerprint density at radius 2 is 2.00 bits per heavy atom. The molecule has 31 heavy (non-hydrogen) atoms. The molecule has 7 heteroatoms. The lowest BCUT2D eigenvalue weighted by molar-refractivity contribution is -0.122. The van der Waals surface area contributed by atoms with Gasteiger partial charge in [-0.15, -0.1) is 0 Å². The molecule has 164 valence electrons. The summed E-state index contributed by atoms with van der Waals surface area (Å²) in [6.45, 7) is 3.61. The number of methoxy groups -OCH3 is 1. The number of ether oxygens (including phenoxy) is 1. The van der Waals surface area contributed by atoms with Gasteiger partial charge in [0.15, 0.2) is 0 Å².